The van der Waals surface area contributed by atoms with Crippen LogP contribution in [0.1, 0.15) is 75.6 Å². The third-order valence-electron chi connectivity index (χ3n) is 14.4. The molecule has 2 aromatic heterocycles. The second kappa shape index (κ2) is 32.9. The number of para-hydroxylation sites is 2. The van der Waals surface area contributed by atoms with E-state index in [0.717, 1.165) is 12.2 Å². The number of aliphatic carboxylic acids is 2. The number of nitrogens with one attached hydrogen (secondary N) is 10. The Morgan fingerprint density at radius 1 is 0.389 bits per heavy atom. The van der Waals surface area contributed by atoms with Gasteiger partial charge in [-0.2, -0.15) is 0 Å². The van der Waals surface area contributed by atoms with E-state index in [0.29, 0.717) is 44.1 Å². The summed E-state index contributed by atoms with van der Waals surface area (Å²) in [4.78, 5) is 168. The summed E-state index contributed by atoms with van der Waals surface area (Å²) in [6.45, 7) is 6.97. The molecule has 0 spiro atoms. The number of carboxylic acid groups (broad SMARTS) is 2. The van der Waals surface area contributed by atoms with Crippen LogP contribution >= 0.6 is 0 Å². The number of amides is 10. The third kappa shape index (κ3) is 21.0. The summed E-state index contributed by atoms with van der Waals surface area (Å²) in [7, 11) is 0. The molecule has 0 aliphatic carbocycles. The van der Waals surface area contributed by atoms with Gasteiger partial charge in [-0.15, -0.1) is 0 Å². The Morgan fingerprint density at radius 3 is 1.02 bits per heavy atom. The van der Waals surface area contributed by atoms with Crippen LogP contribution in [0.3, 0.4) is 0 Å². The summed E-state index contributed by atoms with van der Waals surface area (Å²) in [5.74, 6) is -13.1. The molecule has 26 nitrogen and oxygen atoms in total. The van der Waals surface area contributed by atoms with Crippen LogP contribution in [0.15, 0.2) is 134 Å². The third-order valence-corrected chi connectivity index (χ3v) is 14.4. The summed E-state index contributed by atoms with van der Waals surface area (Å²) in [5.41, 5.74) is 15.0. The zero-order valence-corrected chi connectivity index (χ0v) is 50.1. The lowest BCUT2D eigenvalue weighted by Gasteiger charge is -2.26. The van der Waals surface area contributed by atoms with Crippen molar-refractivity contribution in [2.24, 2.45) is 23.3 Å². The number of hydrogen-bond donors (Lipinski definition) is 14. The summed E-state index contributed by atoms with van der Waals surface area (Å²) in [6.07, 6.45) is 2.49. The van der Waals surface area contributed by atoms with Crippen molar-refractivity contribution in [3.63, 3.8) is 0 Å². The Balaban J connectivity index is 1.21. The highest BCUT2D eigenvalue weighted by Gasteiger charge is 2.35. The second-order valence-electron chi connectivity index (χ2n) is 22.6. The van der Waals surface area contributed by atoms with Gasteiger partial charge in [0.2, 0.25) is 59.1 Å². The molecule has 2 heterocycles. The van der Waals surface area contributed by atoms with E-state index in [4.69, 9.17) is 11.5 Å². The highest BCUT2D eigenvalue weighted by Crippen LogP contribution is 2.22. The van der Waals surface area contributed by atoms with Gasteiger partial charge < -0.3 is 74.2 Å². The normalized spacial score (nSPS) is 14.0. The topological polar surface area (TPSA) is 425 Å². The molecule has 4 aromatic carbocycles. The van der Waals surface area contributed by atoms with E-state index >= 15 is 0 Å². The van der Waals surface area contributed by atoms with Gasteiger partial charge in [-0.05, 0) is 59.1 Å². The molecule has 10 amide bonds. The molecule has 90 heavy (non-hydrogen) atoms. The summed E-state index contributed by atoms with van der Waals surface area (Å²) >= 11 is 0. The maximum atomic E-state index is 14.5. The van der Waals surface area contributed by atoms with Crippen LogP contribution in [0.4, 0.5) is 0 Å². The van der Waals surface area contributed by atoms with Crippen molar-refractivity contribution in [3.05, 3.63) is 156 Å². The predicted octanol–water partition coefficient (Wildman–Crippen LogP) is 1.37. The second-order valence-corrected chi connectivity index (χ2v) is 22.6. The number of H-pyrrole nitrogens is 2. The number of nitrogens with two attached hydrogens (primary N) is 2. The lowest BCUT2D eigenvalue weighted by atomic mass is 10.00. The molecule has 0 radical (unpaired) electrons. The summed E-state index contributed by atoms with van der Waals surface area (Å²) in [5, 5.41) is 41.1. The van der Waals surface area contributed by atoms with E-state index in [9.17, 15) is 67.7 Å². The smallest absolute Gasteiger partial charge is 0.305 e. The maximum absolute atomic E-state index is 14.5. The molecule has 6 aromatic rings. The molecule has 0 aliphatic heterocycles. The summed E-state index contributed by atoms with van der Waals surface area (Å²) < 4.78 is 0. The van der Waals surface area contributed by atoms with Crippen molar-refractivity contribution in [2.75, 3.05) is 0 Å². The van der Waals surface area contributed by atoms with Crippen LogP contribution in [-0.4, -0.2) is 140 Å². The highest BCUT2D eigenvalue weighted by molar-refractivity contribution is 6.02. The van der Waals surface area contributed by atoms with Gasteiger partial charge >= 0.3 is 11.9 Å². The first-order valence-corrected chi connectivity index (χ1v) is 29.1. The SMILES string of the molecule is CC(C)CC(NC(=O)C(Cc1c[nH]c2ccccc12)NC(=O)/C=C\C(=O)NC(Cc1c[nH]c2ccccc12)C(=O)NC(CC(C)C)C(=O)NC(CC(=O)O)C(=O)NC(Cc1ccccc1)C(N)=O)C(=O)NC(CC(=O)O)C(=O)NC(Cc1ccccc1)C(N)=O. The minimum atomic E-state index is -1.75. The molecule has 8 unspecified atom stereocenters. The van der Waals surface area contributed by atoms with E-state index in [2.05, 4.69) is 52.5 Å². The molecule has 0 aliphatic rings. The largest absolute Gasteiger partial charge is 0.481 e. The van der Waals surface area contributed by atoms with E-state index in [1.807, 2.05) is 0 Å². The minimum Gasteiger partial charge on any atom is -0.481 e. The van der Waals surface area contributed by atoms with Crippen molar-refractivity contribution in [1.29, 1.82) is 0 Å². The van der Waals surface area contributed by atoms with Gasteiger partial charge in [0, 0.05) is 72.0 Å². The molecule has 476 valence electrons. The molecule has 26 heteroatoms. The quantitative estimate of drug-likeness (QED) is 0.0254. The molecule has 0 fully saturated rings. The Kier molecular flexibility index (Phi) is 25.0. The predicted molar refractivity (Wildman–Crippen MR) is 331 cm³/mol. The summed E-state index contributed by atoms with van der Waals surface area (Å²) in [6, 6.07) is 19.5. The van der Waals surface area contributed by atoms with Gasteiger partial charge in [0.25, 0.3) is 0 Å². The molecule has 0 saturated heterocycles. The van der Waals surface area contributed by atoms with Crippen LogP contribution in [-0.2, 0) is 83.2 Å². The first-order valence-electron chi connectivity index (χ1n) is 29.1. The first-order chi connectivity index (χ1) is 42.8. The monoisotopic (exact) mass is 1240 g/mol. The average Bonchev–Trinajstić information content (AvgIpc) is 1.78. The van der Waals surface area contributed by atoms with E-state index in [1.54, 1.807) is 149 Å². The van der Waals surface area contributed by atoms with Gasteiger partial charge in [-0.25, -0.2) is 0 Å². The van der Waals surface area contributed by atoms with Crippen molar-refractivity contribution in [1.82, 2.24) is 52.5 Å². The molecule has 0 saturated carbocycles. The van der Waals surface area contributed by atoms with Crippen LogP contribution in [0.25, 0.3) is 21.8 Å². The van der Waals surface area contributed by atoms with E-state index in [1.165, 1.54) is 0 Å². The Morgan fingerprint density at radius 2 is 0.689 bits per heavy atom. The number of rotatable bonds is 34. The van der Waals surface area contributed by atoms with Crippen molar-refractivity contribution in [2.45, 2.75) is 127 Å². The number of aromatic nitrogens is 2. The fourth-order valence-corrected chi connectivity index (χ4v) is 10.0. The molecule has 8 atom stereocenters. The fourth-order valence-electron chi connectivity index (χ4n) is 10.0. The number of hydrogen-bond acceptors (Lipinski definition) is 12. The first kappa shape index (κ1) is 68.5. The zero-order chi connectivity index (χ0) is 65.6. The molecule has 0 bridgehead atoms. The number of carbonyl (C=O) groups excluding carboxylic acids is 10. The number of benzene rings is 4. The number of fused-ring (bicyclic) bond motifs is 2. The Bertz CT molecular complexity index is 3350. The van der Waals surface area contributed by atoms with Gasteiger partial charge in [0.05, 0.1) is 12.8 Å². The average molecular weight is 1240 g/mol. The van der Waals surface area contributed by atoms with Gasteiger partial charge in [-0.3, -0.25) is 57.5 Å². The van der Waals surface area contributed by atoms with Gasteiger partial charge in [0.15, 0.2) is 0 Å². The number of aromatic amines is 2. The fraction of sp³-hybridized carbons (Fsp3) is 0.344. The number of carbonyl (C=O) groups is 12. The van der Waals surface area contributed by atoms with Crippen LogP contribution in [0.5, 0.6) is 0 Å². The minimum absolute atomic E-state index is 0.0411. The molecular formula is C64H76N12O14. The lowest BCUT2D eigenvalue weighted by Crippen LogP contribution is -2.59. The van der Waals surface area contributed by atoms with Crippen molar-refractivity contribution >= 4 is 92.8 Å². The zero-order valence-electron chi connectivity index (χ0n) is 50.1. The van der Waals surface area contributed by atoms with E-state index in [-0.39, 0.29) is 50.4 Å². The highest BCUT2D eigenvalue weighted by atomic mass is 16.4. The Hall–Kier alpha value is -10.7. The Labute approximate surface area is 517 Å². The lowest BCUT2D eigenvalue weighted by molar-refractivity contribution is -0.142. The molecular weight excluding hydrogens is 1160 g/mol. The van der Waals surface area contributed by atoms with Gasteiger partial charge in [0.1, 0.15) is 48.3 Å². The van der Waals surface area contributed by atoms with Crippen LogP contribution in [0, 0.1) is 11.8 Å². The van der Waals surface area contributed by atoms with Crippen LogP contribution in [0.2, 0.25) is 0 Å². The van der Waals surface area contributed by atoms with E-state index < -0.39 is 132 Å². The van der Waals surface area contributed by atoms with Gasteiger partial charge in [-0.1, -0.05) is 125 Å². The molecule has 16 N–H and O–H groups in total. The van der Waals surface area contributed by atoms with Crippen molar-refractivity contribution in [3.8, 4) is 0 Å². The number of primary amides is 2. The standard InChI is InChI=1S/C64H76N12O14/c1-35(2)25-47(59(85)75-51(31-55(79)80)63(89)71-45(57(65)83)27-37-15-7-5-8-16-37)73-61(87)49(29-39-33-67-43-21-13-11-19-41(39)43)69-53(77)23-24-54(78)70-50(30-40-34-68-44-22-14-12-20-42(40)44)62(88)74-48(26-36(3)4)60(86)76-52(32-56(81)82)64(90)72-46(58(66)84)28-38-17-9-6-10-18-38/h5-24,33-36,45-52,67-68H,25-32H2,1-4H3,(H2,65,83)(H2,66,84)(H,69,77)(H,70,78)(H,71,89)(H,72,90)(H,73,87)(H,74,88)(H,75,85)(H,76,86)(H,79,80)(H,81,82)/b24-23-. The van der Waals surface area contributed by atoms with Crippen LogP contribution < -0.4 is 54.0 Å². The maximum Gasteiger partial charge on any atom is 0.305 e. The number of carboxylic acids is 2. The van der Waals surface area contributed by atoms with Crippen molar-refractivity contribution < 1.29 is 67.7 Å². The molecule has 6 rings (SSSR count).